The fourth-order valence-corrected chi connectivity index (χ4v) is 5.97. The molecule has 198 valence electrons. The molecule has 0 bridgehead atoms. The molecule has 3 rings (SSSR count). The van der Waals surface area contributed by atoms with E-state index in [1.165, 1.54) is 31.2 Å². The second-order valence-corrected chi connectivity index (χ2v) is 11.5. The summed E-state index contributed by atoms with van der Waals surface area (Å²) in [5.74, 6) is -1.37. The zero-order valence-electron chi connectivity index (χ0n) is 19.5. The zero-order valence-corrected chi connectivity index (χ0v) is 21.2. The molecule has 1 unspecified atom stereocenters. The van der Waals surface area contributed by atoms with Crippen molar-refractivity contribution in [1.82, 2.24) is 4.31 Å². The van der Waals surface area contributed by atoms with Crippen LogP contribution in [0.3, 0.4) is 0 Å². The largest absolute Gasteiger partial charge is 0.534 e. The van der Waals surface area contributed by atoms with E-state index in [9.17, 15) is 34.8 Å². The number of rotatable bonds is 8. The minimum absolute atomic E-state index is 0.0732. The van der Waals surface area contributed by atoms with Gasteiger partial charge in [0.1, 0.15) is 11.5 Å². The number of alkyl halides is 3. The number of esters is 1. The third-order valence-electron chi connectivity index (χ3n) is 5.46. The first-order valence-corrected chi connectivity index (χ1v) is 13.5. The molecular weight excluding hydrogens is 527 g/mol. The van der Waals surface area contributed by atoms with E-state index >= 15 is 0 Å². The molecule has 1 aliphatic heterocycles. The quantitative estimate of drug-likeness (QED) is 0.278. The third-order valence-corrected chi connectivity index (χ3v) is 8.40. The number of halogens is 3. The Labute approximate surface area is 206 Å². The number of carbonyl (C=O) groups excluding carboxylic acids is 1. The molecule has 0 saturated carbocycles. The average Bonchev–Trinajstić information content (AvgIpc) is 2.77. The maximum absolute atomic E-state index is 13.5. The zero-order chi connectivity index (χ0) is 26.9. The van der Waals surface area contributed by atoms with Gasteiger partial charge in [-0.3, -0.25) is 0 Å². The number of carbonyl (C=O) groups is 1. The van der Waals surface area contributed by atoms with Gasteiger partial charge in [-0.15, -0.1) is 0 Å². The summed E-state index contributed by atoms with van der Waals surface area (Å²) < 4.78 is 103. The van der Waals surface area contributed by atoms with Gasteiger partial charge in [0.05, 0.1) is 11.5 Å². The molecule has 2 aromatic carbocycles. The maximum atomic E-state index is 13.5. The molecule has 1 atom stereocenters. The van der Waals surface area contributed by atoms with Gasteiger partial charge >= 0.3 is 21.6 Å². The van der Waals surface area contributed by atoms with Gasteiger partial charge in [-0.25, -0.2) is 13.2 Å². The molecule has 0 spiro atoms. The van der Waals surface area contributed by atoms with Crippen LogP contribution in [0.2, 0.25) is 0 Å². The molecular formula is C22H24F3NO8S2. The molecule has 1 aliphatic rings. The van der Waals surface area contributed by atoms with E-state index in [1.807, 2.05) is 0 Å². The van der Waals surface area contributed by atoms with Crippen LogP contribution < -0.4 is 8.92 Å². The van der Waals surface area contributed by atoms with E-state index in [4.69, 9.17) is 9.47 Å². The molecule has 0 radical (unpaired) electrons. The van der Waals surface area contributed by atoms with Gasteiger partial charge in [0.15, 0.2) is 6.61 Å². The summed E-state index contributed by atoms with van der Waals surface area (Å²) in [5, 5.41) is 0. The lowest BCUT2D eigenvalue weighted by atomic mass is 9.92. The number of sulfonamides is 1. The summed E-state index contributed by atoms with van der Waals surface area (Å²) >= 11 is 0. The first-order chi connectivity index (χ1) is 16.7. The van der Waals surface area contributed by atoms with E-state index in [-0.39, 0.29) is 41.8 Å². The normalized spacial score (nSPS) is 16.8. The molecule has 0 amide bonds. The van der Waals surface area contributed by atoms with E-state index in [0.717, 1.165) is 16.4 Å². The van der Waals surface area contributed by atoms with Crippen molar-refractivity contribution in [3.8, 4) is 11.5 Å². The van der Waals surface area contributed by atoms with Crippen molar-refractivity contribution >= 4 is 26.1 Å². The minimum atomic E-state index is -5.88. The lowest BCUT2D eigenvalue weighted by Gasteiger charge is -2.33. The highest BCUT2D eigenvalue weighted by atomic mass is 32.2. The summed E-state index contributed by atoms with van der Waals surface area (Å²) in [6, 6.07) is 7.93. The minimum Gasteiger partial charge on any atom is -0.482 e. The van der Waals surface area contributed by atoms with Gasteiger partial charge in [-0.2, -0.15) is 25.9 Å². The Morgan fingerprint density at radius 1 is 1.14 bits per heavy atom. The number of hydrogen-bond acceptors (Lipinski definition) is 8. The van der Waals surface area contributed by atoms with Crippen molar-refractivity contribution in [2.45, 2.75) is 43.6 Å². The molecule has 1 heterocycles. The van der Waals surface area contributed by atoms with Crippen molar-refractivity contribution in [1.29, 1.82) is 0 Å². The predicted molar refractivity (Wildman–Crippen MR) is 121 cm³/mol. The van der Waals surface area contributed by atoms with Gasteiger partial charge in [-0.05, 0) is 55.2 Å². The summed E-state index contributed by atoms with van der Waals surface area (Å²) in [4.78, 5) is 11.5. The monoisotopic (exact) mass is 551 g/mol. The Hall–Kier alpha value is -2.84. The molecule has 2 aromatic rings. The lowest BCUT2D eigenvalue weighted by molar-refractivity contribution is -0.145. The number of benzene rings is 2. The summed E-state index contributed by atoms with van der Waals surface area (Å²) in [6.45, 7) is 4.50. The number of nitrogens with zero attached hydrogens (tertiary/aromatic N) is 1. The Balaban J connectivity index is 1.89. The highest BCUT2D eigenvalue weighted by Gasteiger charge is 2.48. The molecule has 0 aliphatic carbocycles. The van der Waals surface area contributed by atoms with Crippen LogP contribution in [-0.2, 0) is 36.2 Å². The van der Waals surface area contributed by atoms with Crippen LogP contribution in [0.5, 0.6) is 11.5 Å². The lowest BCUT2D eigenvalue weighted by Crippen LogP contribution is -2.38. The first kappa shape index (κ1) is 27.7. The topological polar surface area (TPSA) is 116 Å². The SMILES string of the molecule is CCOC(=O)COc1cccc(S(=O)(=O)N2Cc3cc(OS(=O)(=O)C(F)(F)F)ccc3C(C)C2)c1C. The highest BCUT2D eigenvalue weighted by molar-refractivity contribution is 7.89. The van der Waals surface area contributed by atoms with Crippen LogP contribution in [0.25, 0.3) is 0 Å². The molecule has 36 heavy (non-hydrogen) atoms. The van der Waals surface area contributed by atoms with E-state index < -0.39 is 44.0 Å². The molecule has 9 nitrogen and oxygen atoms in total. The molecule has 14 heteroatoms. The summed E-state index contributed by atoms with van der Waals surface area (Å²) in [5.41, 5.74) is -4.39. The van der Waals surface area contributed by atoms with Crippen LogP contribution in [0.15, 0.2) is 41.3 Å². The predicted octanol–water partition coefficient (Wildman–Crippen LogP) is 3.47. The van der Waals surface area contributed by atoms with Gasteiger partial charge < -0.3 is 13.7 Å². The maximum Gasteiger partial charge on any atom is 0.534 e. The Morgan fingerprint density at radius 2 is 1.83 bits per heavy atom. The standard InChI is InChI=1S/C22H24F3NO8S2/c1-4-32-21(27)13-33-19-6-5-7-20(15(19)3)35(28,29)26-11-14(2)18-9-8-17(10-16(18)12-26)34-36(30,31)22(23,24)25/h5-10,14H,4,11-13H2,1-3H3. The van der Waals surface area contributed by atoms with Crippen molar-refractivity contribution < 1.29 is 48.5 Å². The van der Waals surface area contributed by atoms with Crippen molar-refractivity contribution in [3.63, 3.8) is 0 Å². The van der Waals surface area contributed by atoms with Crippen molar-refractivity contribution in [2.75, 3.05) is 19.8 Å². The number of fused-ring (bicyclic) bond motifs is 1. The van der Waals surface area contributed by atoms with Gasteiger partial charge in [0.25, 0.3) is 0 Å². The number of hydrogen-bond donors (Lipinski definition) is 0. The smallest absolute Gasteiger partial charge is 0.482 e. The van der Waals surface area contributed by atoms with Gasteiger partial charge in [-0.1, -0.05) is 19.1 Å². The van der Waals surface area contributed by atoms with Crippen LogP contribution >= 0.6 is 0 Å². The van der Waals surface area contributed by atoms with Crippen LogP contribution in [0.1, 0.15) is 36.5 Å². The molecule has 0 N–H and O–H groups in total. The molecule has 0 aromatic heterocycles. The van der Waals surface area contributed by atoms with E-state index in [2.05, 4.69) is 4.18 Å². The molecule has 0 saturated heterocycles. The van der Waals surface area contributed by atoms with E-state index in [0.29, 0.717) is 11.1 Å². The van der Waals surface area contributed by atoms with Crippen molar-refractivity contribution in [2.24, 2.45) is 0 Å². The molecule has 0 fully saturated rings. The Kier molecular flexibility index (Phi) is 7.91. The Morgan fingerprint density at radius 3 is 2.47 bits per heavy atom. The Bertz CT molecular complexity index is 1360. The average molecular weight is 552 g/mol. The van der Waals surface area contributed by atoms with Gasteiger partial charge in [0, 0.05) is 18.7 Å². The summed E-state index contributed by atoms with van der Waals surface area (Å²) in [7, 11) is -9.99. The van der Waals surface area contributed by atoms with E-state index in [1.54, 1.807) is 13.8 Å². The van der Waals surface area contributed by atoms with Crippen LogP contribution in [0.4, 0.5) is 13.2 Å². The first-order valence-electron chi connectivity index (χ1n) is 10.7. The fourth-order valence-electron chi connectivity index (χ4n) is 3.78. The second kappa shape index (κ2) is 10.3. The van der Waals surface area contributed by atoms with Crippen LogP contribution in [-0.4, -0.2) is 52.4 Å². The highest BCUT2D eigenvalue weighted by Crippen LogP contribution is 2.36. The second-order valence-electron chi connectivity index (χ2n) is 8.02. The third kappa shape index (κ3) is 5.76. The summed E-state index contributed by atoms with van der Waals surface area (Å²) in [6.07, 6.45) is 0. The van der Waals surface area contributed by atoms with Crippen LogP contribution in [0, 0.1) is 6.92 Å². The van der Waals surface area contributed by atoms with Gasteiger partial charge in [0.2, 0.25) is 10.0 Å². The van der Waals surface area contributed by atoms with Crippen molar-refractivity contribution in [3.05, 3.63) is 53.1 Å². The number of ether oxygens (including phenoxy) is 2. The fraction of sp³-hybridized carbons (Fsp3) is 0.409.